The van der Waals surface area contributed by atoms with Crippen LogP contribution in [0.4, 0.5) is 10.1 Å². The predicted molar refractivity (Wildman–Crippen MR) is 112 cm³/mol. The van der Waals surface area contributed by atoms with E-state index in [1.807, 2.05) is 37.3 Å². The van der Waals surface area contributed by atoms with E-state index in [1.165, 1.54) is 6.07 Å². The van der Waals surface area contributed by atoms with Crippen molar-refractivity contribution in [1.29, 1.82) is 0 Å². The summed E-state index contributed by atoms with van der Waals surface area (Å²) in [5, 5.41) is 3.08. The molecule has 1 aliphatic heterocycles. The van der Waals surface area contributed by atoms with Crippen LogP contribution in [0.3, 0.4) is 0 Å². The van der Waals surface area contributed by atoms with Crippen LogP contribution < -0.4 is 10.0 Å². The van der Waals surface area contributed by atoms with Crippen LogP contribution >= 0.6 is 0 Å². The molecule has 0 fully saturated rings. The number of sulfonamides is 1. The average Bonchev–Trinajstić information content (AvgIpc) is 2.69. The van der Waals surface area contributed by atoms with Gasteiger partial charge in [-0.05, 0) is 36.6 Å². The summed E-state index contributed by atoms with van der Waals surface area (Å²) in [6, 6.07) is 19.6. The fourth-order valence-corrected chi connectivity index (χ4v) is 4.39. The first-order valence-electron chi connectivity index (χ1n) is 9.17. The molecule has 1 heterocycles. The Kier molecular flexibility index (Phi) is 5.07. The summed E-state index contributed by atoms with van der Waals surface area (Å²) in [7, 11) is -3.76. The lowest BCUT2D eigenvalue weighted by Gasteiger charge is -2.24. The summed E-state index contributed by atoms with van der Waals surface area (Å²) in [6.07, 6.45) is 0.576. The fourth-order valence-electron chi connectivity index (χ4n) is 3.20. The van der Waals surface area contributed by atoms with E-state index in [4.69, 9.17) is 0 Å². The molecule has 29 heavy (non-hydrogen) atoms. The predicted octanol–water partition coefficient (Wildman–Crippen LogP) is 3.98. The van der Waals surface area contributed by atoms with Crippen LogP contribution in [-0.4, -0.2) is 14.4 Å². The normalized spacial score (nSPS) is 16.0. The van der Waals surface area contributed by atoms with Crippen LogP contribution in [0.25, 0.3) is 0 Å². The van der Waals surface area contributed by atoms with Gasteiger partial charge >= 0.3 is 0 Å². The number of rotatable bonds is 4. The standard InChI is InChI=1S/C22H20FN3O2S/c1-15-9-11-16(12-10-15)13-17-6-4-8-20-21(17)25-22(26-29(20,27)28)24-14-18-5-2-3-7-19(18)23/h2-12H,13-14H2,1H3,(H2,24,25,26). The van der Waals surface area contributed by atoms with Gasteiger partial charge in [-0.1, -0.05) is 60.2 Å². The largest absolute Gasteiger partial charge is 0.324 e. The van der Waals surface area contributed by atoms with Crippen molar-refractivity contribution in [2.75, 3.05) is 5.32 Å². The quantitative estimate of drug-likeness (QED) is 0.685. The van der Waals surface area contributed by atoms with Gasteiger partial charge in [-0.2, -0.15) is 0 Å². The van der Waals surface area contributed by atoms with Crippen molar-refractivity contribution in [2.45, 2.75) is 24.8 Å². The number of aliphatic imine (C=N–C) groups is 1. The van der Waals surface area contributed by atoms with Gasteiger partial charge in [0.05, 0.1) is 12.2 Å². The fraction of sp³-hybridized carbons (Fsp3) is 0.136. The number of guanidine groups is 1. The lowest BCUT2D eigenvalue weighted by atomic mass is 10.0. The van der Waals surface area contributed by atoms with Crippen LogP contribution in [0.5, 0.6) is 0 Å². The van der Waals surface area contributed by atoms with Gasteiger partial charge in [0.1, 0.15) is 10.7 Å². The summed E-state index contributed by atoms with van der Waals surface area (Å²) in [6.45, 7) is 2.04. The molecule has 0 amide bonds. The van der Waals surface area contributed by atoms with Gasteiger partial charge in [0.2, 0.25) is 5.96 Å². The Bertz CT molecular complexity index is 1190. The second kappa shape index (κ2) is 7.67. The molecule has 0 spiro atoms. The van der Waals surface area contributed by atoms with E-state index in [9.17, 15) is 12.8 Å². The third-order valence-electron chi connectivity index (χ3n) is 4.76. The Morgan fingerprint density at radius 3 is 2.41 bits per heavy atom. The monoisotopic (exact) mass is 409 g/mol. The van der Waals surface area contributed by atoms with Gasteiger partial charge in [-0.3, -0.25) is 0 Å². The maximum absolute atomic E-state index is 13.8. The second-order valence-corrected chi connectivity index (χ2v) is 8.59. The van der Waals surface area contributed by atoms with Gasteiger partial charge in [-0.25, -0.2) is 22.5 Å². The smallest absolute Gasteiger partial charge is 0.266 e. The molecule has 0 saturated carbocycles. The number of hydrogen-bond acceptors (Lipinski definition) is 3. The molecule has 3 aromatic carbocycles. The van der Waals surface area contributed by atoms with E-state index in [0.29, 0.717) is 17.7 Å². The first kappa shape index (κ1) is 19.1. The SMILES string of the molecule is Cc1ccc(Cc2cccc3c2NC(=NCc2ccccc2F)NS3(=O)=O)cc1. The van der Waals surface area contributed by atoms with Crippen LogP contribution in [0.1, 0.15) is 22.3 Å². The highest BCUT2D eigenvalue weighted by Crippen LogP contribution is 2.30. The first-order chi connectivity index (χ1) is 13.9. The Morgan fingerprint density at radius 2 is 1.66 bits per heavy atom. The van der Waals surface area contributed by atoms with E-state index in [0.717, 1.165) is 16.7 Å². The summed E-state index contributed by atoms with van der Waals surface area (Å²) < 4.78 is 41.7. The van der Waals surface area contributed by atoms with Gasteiger partial charge in [0, 0.05) is 5.56 Å². The van der Waals surface area contributed by atoms with Crippen LogP contribution in [0.15, 0.2) is 76.6 Å². The minimum absolute atomic E-state index is 0.0208. The zero-order chi connectivity index (χ0) is 20.4. The molecule has 1 aliphatic rings. The molecule has 0 aliphatic carbocycles. The molecule has 0 bridgehead atoms. The molecule has 2 N–H and O–H groups in total. The highest BCUT2D eigenvalue weighted by Gasteiger charge is 2.28. The van der Waals surface area contributed by atoms with Crippen molar-refractivity contribution in [3.63, 3.8) is 0 Å². The summed E-state index contributed by atoms with van der Waals surface area (Å²) in [5.74, 6) is -0.298. The van der Waals surface area contributed by atoms with E-state index in [1.54, 1.807) is 30.3 Å². The summed E-state index contributed by atoms with van der Waals surface area (Å²) >= 11 is 0. The van der Waals surface area contributed by atoms with E-state index >= 15 is 0 Å². The van der Waals surface area contributed by atoms with Crippen molar-refractivity contribution in [3.05, 3.63) is 94.8 Å². The Morgan fingerprint density at radius 1 is 0.931 bits per heavy atom. The molecular weight excluding hydrogens is 389 g/mol. The molecule has 4 rings (SSSR count). The van der Waals surface area contributed by atoms with Crippen LogP contribution in [-0.2, 0) is 23.0 Å². The Hall–Kier alpha value is -3.19. The van der Waals surface area contributed by atoms with Gasteiger partial charge in [0.15, 0.2) is 0 Å². The minimum Gasteiger partial charge on any atom is -0.324 e. The summed E-state index contributed by atoms with van der Waals surface area (Å²) in [5.41, 5.74) is 3.97. The van der Waals surface area contributed by atoms with Gasteiger partial charge in [0.25, 0.3) is 10.0 Å². The number of hydrogen-bond donors (Lipinski definition) is 2. The third-order valence-corrected chi connectivity index (χ3v) is 6.14. The number of halogens is 1. The van der Waals surface area contributed by atoms with Crippen molar-refractivity contribution < 1.29 is 12.8 Å². The van der Waals surface area contributed by atoms with Gasteiger partial charge < -0.3 is 5.32 Å². The second-order valence-electron chi connectivity index (χ2n) is 6.94. The Balaban J connectivity index is 1.67. The molecule has 0 radical (unpaired) electrons. The van der Waals surface area contributed by atoms with Gasteiger partial charge in [-0.15, -0.1) is 0 Å². The highest BCUT2D eigenvalue weighted by atomic mass is 32.2. The minimum atomic E-state index is -3.76. The molecule has 0 saturated heterocycles. The number of benzene rings is 3. The molecule has 7 heteroatoms. The molecule has 0 unspecified atom stereocenters. The molecule has 0 aromatic heterocycles. The Labute approximate surface area is 169 Å². The average molecular weight is 409 g/mol. The highest BCUT2D eigenvalue weighted by molar-refractivity contribution is 7.90. The summed E-state index contributed by atoms with van der Waals surface area (Å²) in [4.78, 5) is 4.42. The number of para-hydroxylation sites is 1. The lowest BCUT2D eigenvalue weighted by Crippen LogP contribution is -2.41. The zero-order valence-electron chi connectivity index (χ0n) is 15.8. The number of aryl methyl sites for hydroxylation is 1. The zero-order valence-corrected chi connectivity index (χ0v) is 16.6. The molecule has 3 aromatic rings. The maximum atomic E-state index is 13.8. The van der Waals surface area contributed by atoms with E-state index in [2.05, 4.69) is 15.0 Å². The molecule has 5 nitrogen and oxygen atoms in total. The third kappa shape index (κ3) is 4.14. The van der Waals surface area contributed by atoms with Crippen molar-refractivity contribution in [2.24, 2.45) is 4.99 Å². The van der Waals surface area contributed by atoms with Crippen molar-refractivity contribution in [1.82, 2.24) is 4.72 Å². The number of nitrogens with one attached hydrogen (secondary N) is 2. The number of fused-ring (bicyclic) bond motifs is 1. The molecular formula is C22H20FN3O2S. The van der Waals surface area contributed by atoms with E-state index < -0.39 is 10.0 Å². The lowest BCUT2D eigenvalue weighted by molar-refractivity contribution is 0.591. The number of nitrogens with zero attached hydrogens (tertiary/aromatic N) is 1. The molecule has 148 valence electrons. The van der Waals surface area contributed by atoms with Crippen LogP contribution in [0.2, 0.25) is 0 Å². The number of anilines is 1. The molecule has 0 atom stereocenters. The van der Waals surface area contributed by atoms with Crippen molar-refractivity contribution >= 4 is 21.7 Å². The topological polar surface area (TPSA) is 70.6 Å². The maximum Gasteiger partial charge on any atom is 0.266 e. The first-order valence-corrected chi connectivity index (χ1v) is 10.7. The van der Waals surface area contributed by atoms with Crippen LogP contribution in [0, 0.1) is 12.7 Å². The van der Waals surface area contributed by atoms with E-state index in [-0.39, 0.29) is 23.2 Å². The van der Waals surface area contributed by atoms with Crippen molar-refractivity contribution in [3.8, 4) is 0 Å².